The molecule has 0 atom stereocenters. The second-order valence-electron chi connectivity index (χ2n) is 14.3. The van der Waals surface area contributed by atoms with E-state index in [1.807, 2.05) is 48.8 Å². The van der Waals surface area contributed by atoms with Gasteiger partial charge in [0, 0.05) is 40.5 Å². The molecule has 0 N–H and O–H groups in total. The fourth-order valence-electron chi connectivity index (χ4n) is 7.61. The Morgan fingerprint density at radius 1 is 0.593 bits per heavy atom. The maximum atomic E-state index is 6.64. The standard InChI is InChI=1S/C47H33N5O.Pt/c1-47(2,3)38-19-12-27-49-46(38)51-39-20-11-10-18-34(39)35-24-22-33(29-41(35)51)53-32-23-25-36-37(28-32)45-50-42(30-14-6-4-7-15-30)44(31-16-8-5-9-17-31)52(45)40-21-13-26-48-43(36)40;/h4-27H,1-3H3;/q-2;+2. The Balaban J connectivity index is 0.00000384. The molecule has 262 valence electrons. The first-order chi connectivity index (χ1) is 25.9. The Kier molecular flexibility index (Phi) is 8.17. The summed E-state index contributed by atoms with van der Waals surface area (Å²) in [5, 5.41) is 4.00. The van der Waals surface area contributed by atoms with Crippen LogP contribution in [0.3, 0.4) is 0 Å². The molecule has 0 aliphatic rings. The van der Waals surface area contributed by atoms with E-state index in [1.54, 1.807) is 0 Å². The molecule has 6 nitrogen and oxygen atoms in total. The number of aromatic nitrogens is 5. The third-order valence-electron chi connectivity index (χ3n) is 9.98. The monoisotopic (exact) mass is 878 g/mol. The molecular weight excluding hydrogens is 846 g/mol. The molecule has 5 heterocycles. The van der Waals surface area contributed by atoms with Crippen LogP contribution in [0.25, 0.3) is 77.6 Å². The molecule has 0 radical (unpaired) electrons. The summed E-state index contributed by atoms with van der Waals surface area (Å²) < 4.78 is 11.1. The molecule has 0 saturated carbocycles. The van der Waals surface area contributed by atoms with Gasteiger partial charge >= 0.3 is 21.1 Å². The summed E-state index contributed by atoms with van der Waals surface area (Å²) in [6.07, 6.45) is 3.70. The van der Waals surface area contributed by atoms with E-state index in [2.05, 4.69) is 139 Å². The van der Waals surface area contributed by atoms with E-state index in [1.165, 1.54) is 0 Å². The SMILES string of the molecule is CC(C)(C)c1cccnc1-n1c2[c-]c(Oc3[c-]c4c(cc3)c3ncccc3n3c(-c5ccccc5)c(-c5ccccc5)nc43)ccc2c2ccccc21.[Pt+2]. The van der Waals surface area contributed by atoms with Crippen molar-refractivity contribution in [2.45, 2.75) is 26.2 Å². The van der Waals surface area contributed by atoms with Gasteiger partial charge in [0.25, 0.3) is 0 Å². The van der Waals surface area contributed by atoms with E-state index in [4.69, 9.17) is 19.7 Å². The van der Waals surface area contributed by atoms with Gasteiger partial charge in [-0.1, -0.05) is 134 Å². The topological polar surface area (TPSA) is 57.2 Å². The van der Waals surface area contributed by atoms with Gasteiger partial charge in [-0.2, -0.15) is 6.07 Å². The van der Waals surface area contributed by atoms with Crippen LogP contribution in [0.15, 0.2) is 146 Å². The van der Waals surface area contributed by atoms with Crippen molar-refractivity contribution in [3.63, 3.8) is 0 Å². The van der Waals surface area contributed by atoms with Gasteiger partial charge in [0.2, 0.25) is 0 Å². The maximum Gasteiger partial charge on any atom is 2.00 e. The molecule has 7 heteroatoms. The van der Waals surface area contributed by atoms with Crippen LogP contribution in [0.5, 0.6) is 11.5 Å². The van der Waals surface area contributed by atoms with Gasteiger partial charge in [0.05, 0.1) is 28.1 Å². The van der Waals surface area contributed by atoms with Crippen molar-refractivity contribution in [3.8, 4) is 39.8 Å². The average molecular weight is 879 g/mol. The van der Waals surface area contributed by atoms with E-state index < -0.39 is 0 Å². The molecule has 0 bridgehead atoms. The number of pyridine rings is 3. The normalized spacial score (nSPS) is 11.8. The quantitative estimate of drug-likeness (QED) is 0.128. The molecule has 0 spiro atoms. The van der Waals surface area contributed by atoms with Crippen LogP contribution in [0.4, 0.5) is 0 Å². The minimum atomic E-state index is -0.118. The van der Waals surface area contributed by atoms with Crippen molar-refractivity contribution in [2.24, 2.45) is 0 Å². The minimum absolute atomic E-state index is 0. The number of para-hydroxylation sites is 1. The summed E-state index contributed by atoms with van der Waals surface area (Å²) in [5.41, 5.74) is 9.63. The van der Waals surface area contributed by atoms with Gasteiger partial charge in [-0.15, -0.1) is 23.6 Å². The Morgan fingerprint density at radius 3 is 2.02 bits per heavy atom. The fraction of sp³-hybridized carbons (Fsp3) is 0.0851. The Labute approximate surface area is 327 Å². The zero-order valence-electron chi connectivity index (χ0n) is 29.8. The smallest absolute Gasteiger partial charge is 0.503 e. The third-order valence-corrected chi connectivity index (χ3v) is 9.98. The summed E-state index contributed by atoms with van der Waals surface area (Å²) in [6.45, 7) is 6.66. The number of imidazole rings is 1. The first-order valence-corrected chi connectivity index (χ1v) is 17.8. The van der Waals surface area contributed by atoms with Crippen LogP contribution < -0.4 is 4.74 Å². The van der Waals surface area contributed by atoms with E-state index >= 15 is 0 Å². The van der Waals surface area contributed by atoms with Crippen LogP contribution in [-0.2, 0) is 26.5 Å². The van der Waals surface area contributed by atoms with Gasteiger partial charge < -0.3 is 13.7 Å². The molecule has 5 aromatic carbocycles. The molecule has 0 saturated heterocycles. The Hall–Kier alpha value is -6.10. The van der Waals surface area contributed by atoms with Gasteiger partial charge in [-0.05, 0) is 40.6 Å². The molecule has 0 aliphatic heterocycles. The average Bonchev–Trinajstić information content (AvgIpc) is 3.75. The minimum Gasteiger partial charge on any atom is -0.503 e. The maximum absolute atomic E-state index is 6.64. The molecule has 0 unspecified atom stereocenters. The second kappa shape index (κ2) is 13.1. The van der Waals surface area contributed by atoms with Crippen molar-refractivity contribution < 1.29 is 25.8 Å². The van der Waals surface area contributed by atoms with Crippen LogP contribution in [0, 0.1) is 12.1 Å². The molecule has 0 fully saturated rings. The molecule has 0 aliphatic carbocycles. The van der Waals surface area contributed by atoms with Crippen LogP contribution in [-0.4, -0.2) is 23.9 Å². The van der Waals surface area contributed by atoms with Crippen molar-refractivity contribution in [1.82, 2.24) is 23.9 Å². The number of nitrogens with zero attached hydrogens (tertiary/aromatic N) is 5. The molecule has 0 amide bonds. The number of fused-ring (bicyclic) bond motifs is 9. The summed E-state index contributed by atoms with van der Waals surface area (Å²) in [5.74, 6) is 2.03. The van der Waals surface area contributed by atoms with E-state index in [-0.39, 0.29) is 26.5 Å². The van der Waals surface area contributed by atoms with Crippen molar-refractivity contribution in [3.05, 3.63) is 164 Å². The zero-order chi connectivity index (χ0) is 35.7. The first kappa shape index (κ1) is 33.7. The molecular formula is C47H33N5OPt. The van der Waals surface area contributed by atoms with Crippen LogP contribution in [0.1, 0.15) is 26.3 Å². The van der Waals surface area contributed by atoms with Crippen molar-refractivity contribution in [2.75, 3.05) is 0 Å². The molecule has 5 aromatic heterocycles. The van der Waals surface area contributed by atoms with Gasteiger partial charge in [0.1, 0.15) is 5.82 Å². The van der Waals surface area contributed by atoms with Crippen LogP contribution >= 0.6 is 0 Å². The van der Waals surface area contributed by atoms with E-state index in [0.29, 0.717) is 11.5 Å². The van der Waals surface area contributed by atoms with Crippen LogP contribution in [0.2, 0.25) is 0 Å². The third kappa shape index (κ3) is 5.40. The van der Waals surface area contributed by atoms with Gasteiger partial charge in [0.15, 0.2) is 0 Å². The van der Waals surface area contributed by atoms with Crippen molar-refractivity contribution in [1.29, 1.82) is 0 Å². The summed E-state index contributed by atoms with van der Waals surface area (Å²) in [6, 6.07) is 52.8. The molecule has 54 heavy (non-hydrogen) atoms. The second-order valence-corrected chi connectivity index (χ2v) is 14.3. The number of benzene rings is 5. The molecule has 10 aromatic rings. The van der Waals surface area contributed by atoms with Crippen molar-refractivity contribution >= 4 is 49.3 Å². The predicted octanol–water partition coefficient (Wildman–Crippen LogP) is 11.5. The fourth-order valence-corrected chi connectivity index (χ4v) is 7.61. The summed E-state index contributed by atoms with van der Waals surface area (Å²) in [7, 11) is 0. The van der Waals surface area contributed by atoms with Gasteiger partial charge in [-0.3, -0.25) is 9.97 Å². The zero-order valence-corrected chi connectivity index (χ0v) is 32.1. The van der Waals surface area contributed by atoms with E-state index in [0.717, 1.165) is 83.2 Å². The number of hydrogen-bond donors (Lipinski definition) is 0. The number of hydrogen-bond acceptors (Lipinski definition) is 4. The number of ether oxygens (including phenoxy) is 1. The Morgan fingerprint density at radius 2 is 1.24 bits per heavy atom. The van der Waals surface area contributed by atoms with Gasteiger partial charge in [-0.25, -0.2) is 4.98 Å². The van der Waals surface area contributed by atoms with E-state index in [9.17, 15) is 0 Å². The Bertz CT molecular complexity index is 3020. The number of rotatable bonds is 5. The molecule has 10 rings (SSSR count). The largest absolute Gasteiger partial charge is 2.00 e. The summed E-state index contributed by atoms with van der Waals surface area (Å²) in [4.78, 5) is 15.2. The predicted molar refractivity (Wildman–Crippen MR) is 214 cm³/mol. The first-order valence-electron chi connectivity index (χ1n) is 17.8. The summed E-state index contributed by atoms with van der Waals surface area (Å²) >= 11 is 0.